The van der Waals surface area contributed by atoms with Gasteiger partial charge in [-0.2, -0.15) is 0 Å². The number of hydrogen-bond acceptors (Lipinski definition) is 4. The Balaban J connectivity index is 1.33. The zero-order valence-electron chi connectivity index (χ0n) is 25.0. The van der Waals surface area contributed by atoms with Gasteiger partial charge in [0.2, 0.25) is 0 Å². The molecule has 1 heterocycles. The van der Waals surface area contributed by atoms with E-state index in [0.717, 1.165) is 45.7 Å². The zero-order valence-corrected chi connectivity index (χ0v) is 26.8. The number of rotatable bonds is 9. The van der Waals surface area contributed by atoms with Crippen LogP contribution in [0.4, 0.5) is 0 Å². The van der Waals surface area contributed by atoms with Gasteiger partial charge in [0.25, 0.3) is 0 Å². The van der Waals surface area contributed by atoms with Gasteiger partial charge in [-0.15, -0.1) is 0 Å². The molecule has 0 fully saturated rings. The largest absolute Gasteiger partial charge is 0.399 e. The molecule has 0 saturated carbocycles. The van der Waals surface area contributed by atoms with Crippen LogP contribution in [0.1, 0.15) is 20.3 Å². The molecular weight excluding hydrogens is 580 g/mol. The molecule has 0 aliphatic heterocycles. The number of likely N-dealkylation sites (N-methyl/N-ethyl adjacent to an activating group) is 1. The van der Waals surface area contributed by atoms with Gasteiger partial charge in [0, 0.05) is 31.4 Å². The molecule has 6 heteroatoms. The maximum atomic E-state index is 6.65. The minimum atomic E-state index is -1.70. The van der Waals surface area contributed by atoms with Crippen LogP contribution in [0, 0.1) is 0 Å². The molecule has 1 aromatic heterocycles. The maximum Gasteiger partial charge on any atom is 0.387 e. The summed E-state index contributed by atoms with van der Waals surface area (Å²) >= 11 is 0. The van der Waals surface area contributed by atoms with Crippen LogP contribution in [-0.2, 0) is 0 Å². The summed E-state index contributed by atoms with van der Waals surface area (Å²) in [6, 6.07) is 47.2. The molecule has 0 aliphatic carbocycles. The lowest BCUT2D eigenvalue weighted by molar-refractivity contribution is 0.243. The maximum absolute atomic E-state index is 6.65. The van der Waals surface area contributed by atoms with E-state index < -0.39 is 16.3 Å². The first-order valence-electron chi connectivity index (χ1n) is 15.2. The third-order valence-corrected chi connectivity index (χ3v) is 12.0. The molecule has 0 amide bonds. The summed E-state index contributed by atoms with van der Waals surface area (Å²) in [4.78, 5) is 0. The van der Waals surface area contributed by atoms with Gasteiger partial charge in [0.1, 0.15) is 11.2 Å². The molecule has 0 spiro atoms. The van der Waals surface area contributed by atoms with E-state index in [1.807, 2.05) is 0 Å². The number of benzene rings is 6. The van der Waals surface area contributed by atoms with Crippen molar-refractivity contribution in [3.63, 3.8) is 0 Å². The van der Waals surface area contributed by atoms with Crippen LogP contribution in [0.2, 0.25) is 0 Å². The van der Waals surface area contributed by atoms with Gasteiger partial charge in [0.05, 0.1) is 6.61 Å². The van der Waals surface area contributed by atoms with E-state index in [1.54, 1.807) is 0 Å². The molecule has 4 nitrogen and oxygen atoms in total. The monoisotopic (exact) mass is 615 g/mol. The Hall–Kier alpha value is -3.91. The fraction of sp³-hybridized carbons (Fsp3) is 0.158. The van der Waals surface area contributed by atoms with E-state index in [4.69, 9.17) is 12.9 Å². The summed E-state index contributed by atoms with van der Waals surface area (Å²) in [6.07, 6.45) is 0.942. The normalized spacial score (nSPS) is 12.5. The first kappa shape index (κ1) is 28.8. The Kier molecular flexibility index (Phi) is 8.51. The minimum Gasteiger partial charge on any atom is -0.399 e. The van der Waals surface area contributed by atoms with Crippen molar-refractivity contribution in [2.24, 2.45) is 0 Å². The molecule has 1 atom stereocenters. The van der Waals surface area contributed by atoms with Crippen molar-refractivity contribution in [3.05, 3.63) is 133 Å². The lowest BCUT2D eigenvalue weighted by Gasteiger charge is -2.37. The Morgan fingerprint density at radius 2 is 1.09 bits per heavy atom. The van der Waals surface area contributed by atoms with Gasteiger partial charge in [-0.25, -0.2) is 0 Å². The van der Waals surface area contributed by atoms with Crippen molar-refractivity contribution in [2.75, 3.05) is 13.2 Å². The van der Waals surface area contributed by atoms with E-state index >= 15 is 0 Å². The molecule has 44 heavy (non-hydrogen) atoms. The quantitative estimate of drug-likeness (QED) is 0.152. The van der Waals surface area contributed by atoms with E-state index in [-0.39, 0.29) is 6.04 Å². The summed E-state index contributed by atoms with van der Waals surface area (Å²) in [5.74, 6) is 0. The second-order valence-electron chi connectivity index (χ2n) is 10.8. The fourth-order valence-electron chi connectivity index (χ4n) is 6.11. The predicted octanol–water partition coefficient (Wildman–Crippen LogP) is 10.2. The molecule has 6 aromatic carbocycles. The van der Waals surface area contributed by atoms with Crippen LogP contribution < -0.4 is 15.1 Å². The third kappa shape index (κ3) is 5.56. The highest BCUT2D eigenvalue weighted by Gasteiger charge is 2.28. The van der Waals surface area contributed by atoms with Crippen molar-refractivity contribution in [3.8, 4) is 0 Å². The summed E-state index contributed by atoms with van der Waals surface area (Å²) in [7, 11) is -2.44. The molecule has 7 aromatic rings. The summed E-state index contributed by atoms with van der Waals surface area (Å²) in [6.45, 7) is 5.89. The lowest BCUT2D eigenvalue weighted by atomic mass is 9.99. The van der Waals surface area contributed by atoms with Gasteiger partial charge in [-0.05, 0) is 50.7 Å². The second-order valence-corrected chi connectivity index (χ2v) is 14.1. The molecule has 0 saturated heterocycles. The van der Waals surface area contributed by atoms with Crippen molar-refractivity contribution in [2.45, 2.75) is 26.3 Å². The number of hydrogen-bond donors (Lipinski definition) is 0. The van der Waals surface area contributed by atoms with Crippen LogP contribution in [0.25, 0.3) is 43.5 Å². The molecule has 0 radical (unpaired) electrons. The highest BCUT2D eigenvalue weighted by Crippen LogP contribution is 2.43. The van der Waals surface area contributed by atoms with Crippen LogP contribution in [0.5, 0.6) is 0 Å². The van der Waals surface area contributed by atoms with E-state index in [9.17, 15) is 0 Å². The van der Waals surface area contributed by atoms with Gasteiger partial charge in [-0.1, -0.05) is 135 Å². The predicted molar refractivity (Wildman–Crippen MR) is 188 cm³/mol. The minimum absolute atomic E-state index is 0.177. The average molecular weight is 616 g/mol. The highest BCUT2D eigenvalue weighted by atomic mass is 31.1. The van der Waals surface area contributed by atoms with Gasteiger partial charge >= 0.3 is 8.24 Å². The Bertz CT molecular complexity index is 1940. The van der Waals surface area contributed by atoms with Gasteiger partial charge < -0.3 is 8.39 Å². The summed E-state index contributed by atoms with van der Waals surface area (Å²) in [5.41, 5.74) is 1.59. The van der Waals surface area contributed by atoms with Crippen molar-refractivity contribution in [1.29, 1.82) is 0 Å². The first-order valence-corrected chi connectivity index (χ1v) is 17.6. The number of fused-ring (bicyclic) bond motifs is 7. The summed E-state index contributed by atoms with van der Waals surface area (Å²) in [5, 5.41) is 9.41. The molecule has 7 rings (SSSR count). The standard InChI is InChI=1S/C38H35NO3P2/c1-3-30(39(4-2)43(31-17-7-5-8-18-31)32-19-9-6-10-20-32)27-40-44-41-35-25-23-28-15-11-13-21-33(28)37(35)38-34-22-14-12-16-29(34)24-26-36(38)42-44/h5-26,30H,3-4,27H2,1-2H3/t30-/m0/s1. The number of nitrogens with zero attached hydrogens (tertiary/aromatic N) is 1. The fourth-order valence-corrected chi connectivity index (χ4v) is 9.81. The van der Waals surface area contributed by atoms with Crippen molar-refractivity contribution < 1.29 is 12.9 Å². The molecule has 0 aliphatic rings. The van der Waals surface area contributed by atoms with Crippen molar-refractivity contribution >= 4 is 70.4 Å². The van der Waals surface area contributed by atoms with Gasteiger partial charge in [-0.3, -0.25) is 9.19 Å². The smallest absolute Gasteiger partial charge is 0.387 e. The molecular formula is C38H35NO3P2. The molecule has 0 unspecified atom stereocenters. The topological polar surface area (TPSA) is 38.8 Å². The molecule has 0 bridgehead atoms. The lowest BCUT2D eigenvalue weighted by Crippen LogP contribution is -2.39. The van der Waals surface area contributed by atoms with Crippen LogP contribution >= 0.6 is 16.3 Å². The van der Waals surface area contributed by atoms with Crippen LogP contribution in [-0.4, -0.2) is 23.9 Å². The van der Waals surface area contributed by atoms with Gasteiger partial charge in [0.15, 0.2) is 0 Å². The average Bonchev–Trinajstić information content (AvgIpc) is 3.25. The van der Waals surface area contributed by atoms with Crippen LogP contribution in [0.15, 0.2) is 142 Å². The molecule has 0 N–H and O–H groups in total. The highest BCUT2D eigenvalue weighted by molar-refractivity contribution is 7.70. The SMILES string of the molecule is CC[C@@H](COp1oc2ccc3ccccc3c2c2c(ccc3ccccc32)o1)N(CC)P(c1ccccc1)c1ccccc1. The Morgan fingerprint density at radius 3 is 1.57 bits per heavy atom. The van der Waals surface area contributed by atoms with Crippen LogP contribution in [0.3, 0.4) is 0 Å². The third-order valence-electron chi connectivity index (χ3n) is 8.22. The van der Waals surface area contributed by atoms with E-state index in [1.165, 1.54) is 21.4 Å². The Labute approximate surface area is 260 Å². The first-order chi connectivity index (χ1) is 21.7. The second kappa shape index (κ2) is 13.0. The Morgan fingerprint density at radius 1 is 0.614 bits per heavy atom. The van der Waals surface area contributed by atoms with Crippen molar-refractivity contribution in [1.82, 2.24) is 4.67 Å². The van der Waals surface area contributed by atoms with E-state index in [2.05, 4.69) is 152 Å². The summed E-state index contributed by atoms with van der Waals surface area (Å²) < 4.78 is 22.5. The van der Waals surface area contributed by atoms with E-state index in [0.29, 0.717) is 6.61 Å². The zero-order chi connectivity index (χ0) is 29.9. The molecule has 220 valence electrons.